The van der Waals surface area contributed by atoms with Crippen LogP contribution in [0.4, 0.5) is 20.5 Å². The number of ether oxygens (including phenoxy) is 1. The van der Waals surface area contributed by atoms with Crippen LogP contribution in [0.25, 0.3) is 22.2 Å². The van der Waals surface area contributed by atoms with Crippen LogP contribution in [0.2, 0.25) is 0 Å². The van der Waals surface area contributed by atoms with Gasteiger partial charge in [0.1, 0.15) is 47.7 Å². The Labute approximate surface area is 260 Å². The summed E-state index contributed by atoms with van der Waals surface area (Å²) in [4.78, 5) is 38.1. The third-order valence-corrected chi connectivity index (χ3v) is 12.5. The Kier molecular flexibility index (Phi) is 8.68. The number of thioether (sulfide) groups is 1. The van der Waals surface area contributed by atoms with E-state index in [9.17, 15) is 19.4 Å². The first-order chi connectivity index (χ1) is 20.9. The lowest BCUT2D eigenvalue weighted by atomic mass is 10.1. The molecule has 236 valence electrons. The SMILES string of the molecule is Nc1nc2c(nnn2C2SC(CO)C(F)C2P(O)(=S)OCC2OC(n3ccc4c(N)ncnc43)C(F)C2O[P+](=O)S)c(=O)[nH]1. The third-order valence-electron chi connectivity index (χ3n) is 7.16. The van der Waals surface area contributed by atoms with E-state index in [4.69, 9.17) is 37.1 Å². The highest BCUT2D eigenvalue weighted by atomic mass is 32.7. The zero-order chi connectivity index (χ0) is 31.5. The maximum Gasteiger partial charge on any atom is 0.582 e. The maximum atomic E-state index is 15.8. The average molecular weight is 712 g/mol. The van der Waals surface area contributed by atoms with Crippen molar-refractivity contribution in [3.05, 3.63) is 28.9 Å². The fraction of sp³-hybridized carbons (Fsp3) is 0.500. The van der Waals surface area contributed by atoms with Crippen LogP contribution >= 0.6 is 37.7 Å². The van der Waals surface area contributed by atoms with Gasteiger partial charge in [-0.25, -0.2) is 23.4 Å². The fourth-order valence-electron chi connectivity index (χ4n) is 5.17. The molecule has 0 aromatic carbocycles. The van der Waals surface area contributed by atoms with Crippen molar-refractivity contribution in [1.82, 2.24) is 39.5 Å². The Hall–Kier alpha value is -2.39. The number of alkyl halides is 2. The molecule has 17 nitrogen and oxygen atoms in total. The van der Waals surface area contributed by atoms with Crippen molar-refractivity contribution in [2.75, 3.05) is 24.7 Å². The molecular formula is C20H23F2N10O7P2S3+. The summed E-state index contributed by atoms with van der Waals surface area (Å²) in [7, 11) is -2.62. The predicted octanol–water partition coefficient (Wildman–Crippen LogP) is 0.963. The number of thiol groups is 1. The number of aliphatic hydroxyl groups is 1. The van der Waals surface area contributed by atoms with E-state index in [0.717, 1.165) is 16.4 Å². The summed E-state index contributed by atoms with van der Waals surface area (Å²) < 4.78 is 62.7. The molecule has 2 aliphatic rings. The molecule has 0 bridgehead atoms. The number of anilines is 2. The van der Waals surface area contributed by atoms with Crippen molar-refractivity contribution >= 4 is 83.5 Å². The molecule has 44 heavy (non-hydrogen) atoms. The molecule has 7 N–H and O–H groups in total. The number of fused-ring (bicyclic) bond motifs is 2. The number of hydrogen-bond acceptors (Lipinski definition) is 15. The van der Waals surface area contributed by atoms with Crippen molar-refractivity contribution in [2.45, 2.75) is 47.1 Å². The van der Waals surface area contributed by atoms with Gasteiger partial charge in [-0.2, -0.15) is 4.98 Å². The van der Waals surface area contributed by atoms with E-state index in [0.29, 0.717) is 5.39 Å². The van der Waals surface area contributed by atoms with Gasteiger partial charge >= 0.3 is 7.23 Å². The standard InChI is InChI=1S/C20H22F2N10O7P2S3/c21-9-8(3-33)44-19(32-16-11(29-30-32)17(34)28-20(24)27-16)13(9)41(36,43)37-4-7-12(39-40(35)42)10(22)18(38-7)31-2-1-6-14(23)25-5-26-15(6)31/h1-2,5,7-10,12-13,18-19,33H,3-4H2,(H6-,23,24,25,26,27,28,30,34,35,36,42,43)/p+1. The average Bonchev–Trinajstić information content (AvgIpc) is 3.72. The second-order valence-electron chi connectivity index (χ2n) is 9.74. The lowest BCUT2D eigenvalue weighted by Crippen LogP contribution is -2.34. The lowest BCUT2D eigenvalue weighted by molar-refractivity contribution is -0.0383. The van der Waals surface area contributed by atoms with E-state index in [1.54, 1.807) is 6.07 Å². The number of nitrogen functional groups attached to an aromatic ring is 2. The molecule has 10 atom stereocenters. The van der Waals surface area contributed by atoms with E-state index in [2.05, 4.69) is 42.5 Å². The summed E-state index contributed by atoms with van der Waals surface area (Å²) in [5, 5.41) is 15.8. The summed E-state index contributed by atoms with van der Waals surface area (Å²) >= 11 is 10.0. The van der Waals surface area contributed by atoms with Crippen molar-refractivity contribution < 1.29 is 37.1 Å². The molecule has 24 heteroatoms. The van der Waals surface area contributed by atoms with Crippen LogP contribution < -0.4 is 17.0 Å². The number of aromatic amines is 1. The highest BCUT2D eigenvalue weighted by Gasteiger charge is 2.55. The van der Waals surface area contributed by atoms with Crippen LogP contribution in [0.1, 0.15) is 11.6 Å². The largest absolute Gasteiger partial charge is 0.582 e. The quantitative estimate of drug-likeness (QED) is 0.105. The van der Waals surface area contributed by atoms with Crippen molar-refractivity contribution in [2.24, 2.45) is 0 Å². The van der Waals surface area contributed by atoms with Gasteiger partial charge in [-0.15, -0.1) is 21.4 Å². The fourth-order valence-corrected chi connectivity index (χ4v) is 10.8. The van der Waals surface area contributed by atoms with Gasteiger partial charge < -0.3 is 35.3 Å². The number of hydrogen-bond donors (Lipinski definition) is 6. The van der Waals surface area contributed by atoms with Crippen LogP contribution in [0.15, 0.2) is 23.4 Å². The Morgan fingerprint density at radius 2 is 2.07 bits per heavy atom. The number of aliphatic hydroxyl groups excluding tert-OH is 1. The monoisotopic (exact) mass is 711 g/mol. The number of H-pyrrole nitrogens is 1. The van der Waals surface area contributed by atoms with Crippen LogP contribution in [0.5, 0.6) is 0 Å². The maximum absolute atomic E-state index is 15.8. The van der Waals surface area contributed by atoms with Gasteiger partial charge in [0, 0.05) is 6.20 Å². The summed E-state index contributed by atoms with van der Waals surface area (Å²) in [6.07, 6.45) is -5.35. The molecule has 2 fully saturated rings. The Balaban J connectivity index is 1.29. The number of nitrogens with zero attached hydrogens (tertiary/aromatic N) is 7. The van der Waals surface area contributed by atoms with E-state index in [1.165, 1.54) is 17.1 Å². The minimum absolute atomic E-state index is 0.105. The smallest absolute Gasteiger partial charge is 0.395 e. The first-order valence-electron chi connectivity index (χ1n) is 12.6. The van der Waals surface area contributed by atoms with Crippen LogP contribution in [-0.2, 0) is 30.2 Å². The summed E-state index contributed by atoms with van der Waals surface area (Å²) in [6, 6.07) is 1.56. The van der Waals surface area contributed by atoms with Crippen molar-refractivity contribution in [3.63, 3.8) is 0 Å². The second kappa shape index (κ2) is 12.1. The van der Waals surface area contributed by atoms with Gasteiger partial charge in [-0.3, -0.25) is 9.78 Å². The molecule has 10 unspecified atom stereocenters. The third kappa shape index (κ3) is 5.50. The van der Waals surface area contributed by atoms with E-state index < -0.39 is 79.6 Å². The van der Waals surface area contributed by atoms with Crippen LogP contribution in [-0.4, -0.2) is 98.2 Å². The first-order valence-corrected chi connectivity index (χ1v) is 18.6. The molecular weight excluding hydrogens is 688 g/mol. The van der Waals surface area contributed by atoms with E-state index >= 15 is 8.78 Å². The number of nitrogens with two attached hydrogens (primary N) is 2. The minimum Gasteiger partial charge on any atom is -0.395 e. The molecule has 0 radical (unpaired) electrons. The summed E-state index contributed by atoms with van der Waals surface area (Å²) in [5.41, 5.74) is 9.32. The van der Waals surface area contributed by atoms with Gasteiger partial charge in [0.15, 0.2) is 36.2 Å². The molecule has 0 aliphatic carbocycles. The van der Waals surface area contributed by atoms with Gasteiger partial charge in [0.25, 0.3) is 5.56 Å². The first kappa shape index (κ1) is 31.6. The normalized spacial score (nSPS) is 30.7. The molecule has 6 heterocycles. The number of aromatic nitrogens is 8. The van der Waals surface area contributed by atoms with Crippen molar-refractivity contribution in [3.8, 4) is 0 Å². The van der Waals surface area contributed by atoms with Gasteiger partial charge in [-0.05, 0) is 22.4 Å². The molecule has 6 rings (SSSR count). The summed E-state index contributed by atoms with van der Waals surface area (Å²) in [6.45, 7) is -5.45. The van der Waals surface area contributed by atoms with Crippen LogP contribution in [0, 0.1) is 0 Å². The highest BCUT2D eigenvalue weighted by Crippen LogP contribution is 2.62. The zero-order valence-electron chi connectivity index (χ0n) is 21.9. The van der Waals surface area contributed by atoms with E-state index in [-0.39, 0.29) is 28.6 Å². The molecule has 4 aromatic rings. The molecule has 2 saturated heterocycles. The van der Waals surface area contributed by atoms with Gasteiger partial charge in [-0.1, -0.05) is 5.21 Å². The Bertz CT molecular complexity index is 1850. The predicted molar refractivity (Wildman–Crippen MR) is 161 cm³/mol. The number of halogens is 2. The van der Waals surface area contributed by atoms with E-state index in [1.807, 2.05) is 0 Å². The van der Waals surface area contributed by atoms with Crippen LogP contribution in [0.3, 0.4) is 0 Å². The van der Waals surface area contributed by atoms with Crippen molar-refractivity contribution in [1.29, 1.82) is 0 Å². The molecule has 2 aliphatic heterocycles. The highest BCUT2D eigenvalue weighted by molar-refractivity contribution is 8.39. The molecule has 0 spiro atoms. The minimum atomic E-state index is -4.21. The zero-order valence-corrected chi connectivity index (χ0v) is 26.2. The molecule has 0 saturated carbocycles. The summed E-state index contributed by atoms with van der Waals surface area (Å²) in [5.74, 6) is -0.101. The molecule has 0 amide bonds. The molecule has 4 aromatic heterocycles. The topological polar surface area (TPSA) is 244 Å². The number of rotatable bonds is 9. The van der Waals surface area contributed by atoms with Gasteiger partial charge in [0.05, 0.1) is 29.5 Å². The Morgan fingerprint density at radius 1 is 1.30 bits per heavy atom. The van der Waals surface area contributed by atoms with Gasteiger partial charge in [0.2, 0.25) is 5.95 Å². The number of nitrogens with one attached hydrogen (secondary N) is 1. The lowest BCUT2D eigenvalue weighted by Gasteiger charge is -2.29. The Morgan fingerprint density at radius 3 is 2.80 bits per heavy atom. The second-order valence-corrected chi connectivity index (χ2v) is 16.3.